The number of rotatable bonds is 4. The zero-order valence-electron chi connectivity index (χ0n) is 9.83. The molecule has 7 heteroatoms. The Morgan fingerprint density at radius 3 is 2.56 bits per heavy atom. The molecule has 98 valence electrons. The molecule has 1 aromatic rings. The van der Waals surface area contributed by atoms with Crippen LogP contribution >= 0.6 is 0 Å². The van der Waals surface area contributed by atoms with Gasteiger partial charge >= 0.3 is 10.2 Å². The number of carbonyl (C=O) groups is 1. The Morgan fingerprint density at radius 1 is 1.39 bits per heavy atom. The summed E-state index contributed by atoms with van der Waals surface area (Å²) in [4.78, 5) is 16.6. The van der Waals surface area contributed by atoms with Gasteiger partial charge in [-0.25, -0.2) is 5.06 Å². The molecule has 0 fully saturated rings. The molecule has 0 saturated carbocycles. The summed E-state index contributed by atoms with van der Waals surface area (Å²) in [6.45, 7) is 0. The summed E-state index contributed by atoms with van der Waals surface area (Å²) in [6, 6.07) is 6.20. The van der Waals surface area contributed by atoms with Gasteiger partial charge in [0.2, 0.25) is 0 Å². The van der Waals surface area contributed by atoms with Crippen molar-refractivity contribution in [3.8, 4) is 0 Å². The highest BCUT2D eigenvalue weighted by Crippen LogP contribution is 2.14. The molecule has 0 saturated heterocycles. The van der Waals surface area contributed by atoms with Crippen LogP contribution in [0.4, 0.5) is 3.89 Å². The van der Waals surface area contributed by atoms with E-state index in [2.05, 4.69) is 0 Å². The van der Waals surface area contributed by atoms with Gasteiger partial charge in [0.1, 0.15) is 0 Å². The fraction of sp³-hybridized carbons (Fsp3) is 0.182. The zero-order chi connectivity index (χ0) is 13.8. The van der Waals surface area contributed by atoms with E-state index in [0.717, 1.165) is 11.1 Å². The van der Waals surface area contributed by atoms with E-state index < -0.39 is 16.1 Å². The number of hydrogen-bond acceptors (Lipinski definition) is 4. The third-order valence-corrected chi connectivity index (χ3v) is 2.62. The van der Waals surface area contributed by atoms with E-state index in [1.807, 2.05) is 0 Å². The van der Waals surface area contributed by atoms with Gasteiger partial charge in [-0.2, -0.15) is 8.42 Å². The van der Waals surface area contributed by atoms with E-state index in [1.165, 1.54) is 26.3 Å². The first-order valence-corrected chi connectivity index (χ1v) is 6.34. The van der Waals surface area contributed by atoms with Crippen LogP contribution in [0.3, 0.4) is 0 Å². The van der Waals surface area contributed by atoms with E-state index in [-0.39, 0.29) is 11.1 Å². The molecule has 0 spiro atoms. The van der Waals surface area contributed by atoms with Crippen LogP contribution in [0.15, 0.2) is 29.7 Å². The van der Waals surface area contributed by atoms with Crippen LogP contribution in [-0.4, -0.2) is 33.5 Å². The quantitative estimate of drug-likeness (QED) is 0.617. The Balaban J connectivity index is 3.15. The molecule has 0 heterocycles. The van der Waals surface area contributed by atoms with E-state index >= 15 is 0 Å². The van der Waals surface area contributed by atoms with Crippen LogP contribution in [0.25, 0.3) is 6.08 Å². The molecule has 0 aliphatic carbocycles. The molecular weight excluding hydrogens is 261 g/mol. The zero-order valence-corrected chi connectivity index (χ0v) is 10.6. The summed E-state index contributed by atoms with van der Waals surface area (Å²) in [5.74, 6) is -0.464. The molecule has 5 nitrogen and oxygen atoms in total. The lowest BCUT2D eigenvalue weighted by molar-refractivity contribution is -0.0757. The van der Waals surface area contributed by atoms with E-state index in [9.17, 15) is 17.1 Å². The van der Waals surface area contributed by atoms with Crippen molar-refractivity contribution in [3.63, 3.8) is 0 Å². The highest BCUT2D eigenvalue weighted by atomic mass is 32.3. The molecule has 0 aromatic heterocycles. The summed E-state index contributed by atoms with van der Waals surface area (Å²) in [7, 11) is -1.99. The maximum absolute atomic E-state index is 12.4. The highest BCUT2D eigenvalue weighted by molar-refractivity contribution is 7.89. The van der Waals surface area contributed by atoms with Gasteiger partial charge in [0, 0.05) is 12.6 Å². The second-order valence-corrected chi connectivity index (χ2v) is 4.57. The molecule has 18 heavy (non-hydrogen) atoms. The van der Waals surface area contributed by atoms with Crippen molar-refractivity contribution in [1.82, 2.24) is 5.06 Å². The molecule has 0 bridgehead atoms. The average molecular weight is 273 g/mol. The second-order valence-electron chi connectivity index (χ2n) is 3.35. The van der Waals surface area contributed by atoms with E-state index in [0.29, 0.717) is 5.41 Å². The molecule has 0 aliphatic heterocycles. The smallest absolute Gasteiger partial charge is 0.274 e. The number of benzene rings is 1. The van der Waals surface area contributed by atoms with Crippen LogP contribution in [-0.2, 0) is 15.1 Å². The van der Waals surface area contributed by atoms with Crippen LogP contribution in [0.2, 0.25) is 0 Å². The summed E-state index contributed by atoms with van der Waals surface area (Å²) >= 11 is 0. The first-order valence-electron chi connectivity index (χ1n) is 4.89. The van der Waals surface area contributed by atoms with Crippen molar-refractivity contribution in [2.45, 2.75) is 0 Å². The lowest BCUT2D eigenvalue weighted by atomic mass is 10.1. The van der Waals surface area contributed by atoms with Crippen molar-refractivity contribution in [1.29, 1.82) is 0 Å². The van der Waals surface area contributed by atoms with Crippen LogP contribution in [0, 0.1) is 0 Å². The van der Waals surface area contributed by atoms with Gasteiger partial charge in [0.25, 0.3) is 5.91 Å². The van der Waals surface area contributed by atoms with E-state index in [1.54, 1.807) is 12.1 Å². The van der Waals surface area contributed by atoms with Crippen molar-refractivity contribution in [2.24, 2.45) is 0 Å². The lowest BCUT2D eigenvalue weighted by Crippen LogP contribution is -2.25. The first-order chi connectivity index (χ1) is 8.35. The molecule has 0 atom stereocenters. The number of hydroxylamine groups is 2. The van der Waals surface area contributed by atoms with Gasteiger partial charge in [0.15, 0.2) is 0 Å². The molecule has 0 radical (unpaired) electrons. The van der Waals surface area contributed by atoms with Gasteiger partial charge in [0.05, 0.1) is 12.5 Å². The molecule has 1 rings (SSSR count). The molecule has 0 unspecified atom stereocenters. The van der Waals surface area contributed by atoms with Crippen molar-refractivity contribution < 1.29 is 21.9 Å². The normalized spacial score (nSPS) is 11.7. The van der Waals surface area contributed by atoms with Crippen molar-refractivity contribution in [3.05, 3.63) is 40.8 Å². The van der Waals surface area contributed by atoms with Crippen LogP contribution in [0.1, 0.15) is 15.9 Å². The number of amides is 1. The van der Waals surface area contributed by atoms with Crippen LogP contribution < -0.4 is 0 Å². The van der Waals surface area contributed by atoms with Gasteiger partial charge in [-0.05, 0) is 17.7 Å². The topological polar surface area (TPSA) is 63.7 Å². The number of carbonyl (C=O) groups excluding carboxylic acids is 1. The summed E-state index contributed by atoms with van der Waals surface area (Å²) in [6.07, 6.45) is 1.02. The van der Waals surface area contributed by atoms with Gasteiger partial charge < -0.3 is 0 Å². The maximum Gasteiger partial charge on any atom is 0.325 e. The standard InChI is InChI=1S/C11H12FNO4S/c1-13(17-2)11(14)10-6-4-3-5-9(10)7-8-18(12,15)16/h3-8H,1-2H3/b8-7+. The monoisotopic (exact) mass is 273 g/mol. The molecule has 0 aliphatic rings. The lowest BCUT2D eigenvalue weighted by Gasteiger charge is -2.14. The van der Waals surface area contributed by atoms with Crippen molar-refractivity contribution >= 4 is 22.2 Å². The second kappa shape index (κ2) is 5.74. The number of nitrogens with zero attached hydrogens (tertiary/aromatic N) is 1. The molecular formula is C11H12FNO4S. The SMILES string of the molecule is CON(C)C(=O)c1ccccc1/C=C/S(=O)(=O)F. The molecule has 1 aromatic carbocycles. The van der Waals surface area contributed by atoms with Crippen LogP contribution in [0.5, 0.6) is 0 Å². The summed E-state index contributed by atoms with van der Waals surface area (Å²) in [5, 5.41) is 1.38. The van der Waals surface area contributed by atoms with Crippen molar-refractivity contribution in [2.75, 3.05) is 14.2 Å². The predicted octanol–water partition coefficient (Wildman–Crippen LogP) is 1.59. The fourth-order valence-corrected chi connectivity index (χ4v) is 1.55. The average Bonchev–Trinajstić information content (AvgIpc) is 2.34. The Morgan fingerprint density at radius 2 is 2.00 bits per heavy atom. The molecule has 0 N–H and O–H groups in total. The molecule has 1 amide bonds. The third-order valence-electron chi connectivity index (χ3n) is 2.16. The minimum atomic E-state index is -4.73. The Labute approximate surface area is 105 Å². The Kier molecular flexibility index (Phi) is 4.57. The highest BCUT2D eigenvalue weighted by Gasteiger charge is 2.14. The summed E-state index contributed by atoms with van der Waals surface area (Å²) in [5.41, 5.74) is 0.495. The predicted molar refractivity (Wildman–Crippen MR) is 64.6 cm³/mol. The summed E-state index contributed by atoms with van der Waals surface area (Å²) < 4.78 is 33.2. The number of hydrogen-bond donors (Lipinski definition) is 0. The maximum atomic E-state index is 12.4. The Hall–Kier alpha value is -1.73. The van der Waals surface area contributed by atoms with Gasteiger partial charge in [-0.15, -0.1) is 3.89 Å². The van der Waals surface area contributed by atoms with Gasteiger partial charge in [-0.3, -0.25) is 9.63 Å². The minimum absolute atomic E-state index is 0.210. The first kappa shape index (κ1) is 14.3. The fourth-order valence-electron chi connectivity index (χ4n) is 1.24. The Bertz CT molecular complexity index is 568. The third kappa shape index (κ3) is 3.94. The minimum Gasteiger partial charge on any atom is -0.274 e. The number of halogens is 1. The van der Waals surface area contributed by atoms with E-state index in [4.69, 9.17) is 4.84 Å². The largest absolute Gasteiger partial charge is 0.325 e. The van der Waals surface area contributed by atoms with Gasteiger partial charge in [-0.1, -0.05) is 18.2 Å².